The molecule has 108 valence electrons. The number of rotatable bonds is 3. The van der Waals surface area contributed by atoms with Crippen LogP contribution in [0.25, 0.3) is 0 Å². The molecule has 2 aromatic carbocycles. The number of aliphatic hydroxyl groups excluding tert-OH is 1. The second-order valence-electron chi connectivity index (χ2n) is 5.46. The van der Waals surface area contributed by atoms with E-state index in [1.54, 1.807) is 6.07 Å². The number of carbonyl (C=O) groups is 1. The predicted molar refractivity (Wildman–Crippen MR) is 83.6 cm³/mol. The molecular weight excluding hydrogens is 286 g/mol. The lowest BCUT2D eigenvalue weighted by molar-refractivity contribution is -0.115. The van der Waals surface area contributed by atoms with Crippen LogP contribution in [0.2, 0.25) is 5.02 Å². The summed E-state index contributed by atoms with van der Waals surface area (Å²) in [5.74, 6) is -0.0359. The predicted octanol–water partition coefficient (Wildman–Crippen LogP) is 3.42. The fourth-order valence-electron chi connectivity index (χ4n) is 2.58. The van der Waals surface area contributed by atoms with Gasteiger partial charge in [0.2, 0.25) is 5.91 Å². The number of fused-ring (bicyclic) bond motifs is 1. The maximum atomic E-state index is 11.4. The lowest BCUT2D eigenvalue weighted by Gasteiger charge is -2.14. The number of carbonyl (C=O) groups excluding carboxylic acids is 1. The lowest BCUT2D eigenvalue weighted by Crippen LogP contribution is -2.03. The molecular formula is C17H16ClNO2. The highest BCUT2D eigenvalue weighted by Crippen LogP contribution is 2.33. The molecule has 2 N–H and O–H groups in total. The van der Waals surface area contributed by atoms with Crippen LogP contribution in [0, 0.1) is 6.92 Å². The monoisotopic (exact) mass is 301 g/mol. The molecule has 0 radical (unpaired) electrons. The van der Waals surface area contributed by atoms with Gasteiger partial charge in [-0.15, -0.1) is 0 Å². The van der Waals surface area contributed by atoms with Crippen molar-refractivity contribution in [3.63, 3.8) is 0 Å². The third-order valence-electron chi connectivity index (χ3n) is 3.76. The van der Waals surface area contributed by atoms with E-state index in [0.29, 0.717) is 23.4 Å². The number of hydrogen-bond acceptors (Lipinski definition) is 2. The summed E-state index contributed by atoms with van der Waals surface area (Å²) in [5, 5.41) is 13.7. The zero-order valence-electron chi connectivity index (χ0n) is 11.7. The third kappa shape index (κ3) is 2.94. The van der Waals surface area contributed by atoms with Crippen LogP contribution in [-0.4, -0.2) is 11.0 Å². The van der Waals surface area contributed by atoms with E-state index in [9.17, 15) is 9.90 Å². The Kier molecular flexibility index (Phi) is 3.70. The summed E-state index contributed by atoms with van der Waals surface area (Å²) in [6.07, 6.45) is 0.165. The maximum Gasteiger partial charge on any atom is 0.228 e. The van der Waals surface area contributed by atoms with E-state index in [2.05, 4.69) is 5.32 Å². The SMILES string of the molecule is Cc1ccc(CC(O)c2cc3c(cc2Cl)NC(=O)C3)cc1. The zero-order chi connectivity index (χ0) is 15.0. The molecule has 1 aliphatic heterocycles. The van der Waals surface area contributed by atoms with E-state index in [-0.39, 0.29) is 5.91 Å². The Morgan fingerprint density at radius 2 is 2.00 bits per heavy atom. The van der Waals surface area contributed by atoms with E-state index < -0.39 is 6.10 Å². The number of benzene rings is 2. The van der Waals surface area contributed by atoms with Gasteiger partial charge in [0.05, 0.1) is 12.5 Å². The van der Waals surface area contributed by atoms with Crippen LogP contribution >= 0.6 is 11.6 Å². The van der Waals surface area contributed by atoms with Gasteiger partial charge in [0.25, 0.3) is 0 Å². The second-order valence-corrected chi connectivity index (χ2v) is 5.87. The van der Waals surface area contributed by atoms with Gasteiger partial charge in [0, 0.05) is 17.1 Å². The highest BCUT2D eigenvalue weighted by Gasteiger charge is 2.22. The van der Waals surface area contributed by atoms with Crippen LogP contribution < -0.4 is 5.32 Å². The van der Waals surface area contributed by atoms with E-state index in [0.717, 1.165) is 16.8 Å². The molecule has 3 rings (SSSR count). The minimum atomic E-state index is -0.679. The first-order valence-electron chi connectivity index (χ1n) is 6.88. The maximum absolute atomic E-state index is 11.4. The molecule has 1 atom stereocenters. The van der Waals surface area contributed by atoms with Gasteiger partial charge in [-0.25, -0.2) is 0 Å². The van der Waals surface area contributed by atoms with Crippen molar-refractivity contribution < 1.29 is 9.90 Å². The van der Waals surface area contributed by atoms with Crippen molar-refractivity contribution in [1.82, 2.24) is 0 Å². The molecule has 0 saturated carbocycles. The van der Waals surface area contributed by atoms with Gasteiger partial charge in [-0.3, -0.25) is 4.79 Å². The number of aryl methyl sites for hydroxylation is 1. The van der Waals surface area contributed by atoms with Crippen LogP contribution in [0.1, 0.15) is 28.4 Å². The number of hydrogen-bond donors (Lipinski definition) is 2. The molecule has 21 heavy (non-hydrogen) atoms. The first-order chi connectivity index (χ1) is 10.0. The van der Waals surface area contributed by atoms with Crippen LogP contribution in [0.3, 0.4) is 0 Å². The summed E-state index contributed by atoms with van der Waals surface area (Å²) in [7, 11) is 0. The molecule has 0 spiro atoms. The van der Waals surface area contributed by atoms with Crippen molar-refractivity contribution in [3.05, 3.63) is 63.7 Å². The van der Waals surface area contributed by atoms with Gasteiger partial charge in [-0.2, -0.15) is 0 Å². The van der Waals surface area contributed by atoms with Crippen molar-refractivity contribution in [3.8, 4) is 0 Å². The van der Waals surface area contributed by atoms with Gasteiger partial charge >= 0.3 is 0 Å². The molecule has 0 aromatic heterocycles. The molecule has 4 heteroatoms. The number of nitrogens with one attached hydrogen (secondary N) is 1. The largest absolute Gasteiger partial charge is 0.388 e. The Morgan fingerprint density at radius 1 is 1.29 bits per heavy atom. The highest BCUT2D eigenvalue weighted by atomic mass is 35.5. The van der Waals surface area contributed by atoms with Crippen molar-refractivity contribution in [2.75, 3.05) is 5.32 Å². The standard InChI is InChI=1S/C17H16ClNO2/c1-10-2-4-11(5-3-10)6-16(20)13-7-12-8-17(21)19-15(12)9-14(13)18/h2-5,7,9,16,20H,6,8H2,1H3,(H,19,21). The number of anilines is 1. The van der Waals surface area contributed by atoms with Crippen LogP contribution in [0.15, 0.2) is 36.4 Å². The van der Waals surface area contributed by atoms with Gasteiger partial charge in [-0.1, -0.05) is 41.4 Å². The van der Waals surface area contributed by atoms with Crippen LogP contribution in [0.5, 0.6) is 0 Å². The zero-order valence-corrected chi connectivity index (χ0v) is 12.4. The minimum absolute atomic E-state index is 0.0359. The Balaban J connectivity index is 1.85. The Hall–Kier alpha value is -1.84. The molecule has 0 bridgehead atoms. The van der Waals surface area contributed by atoms with Gasteiger partial charge in [0.15, 0.2) is 0 Å². The quantitative estimate of drug-likeness (QED) is 0.912. The fraction of sp³-hybridized carbons (Fsp3) is 0.235. The minimum Gasteiger partial charge on any atom is -0.388 e. The Labute approximate surface area is 128 Å². The van der Waals surface area contributed by atoms with Crippen molar-refractivity contribution in [2.45, 2.75) is 25.9 Å². The average Bonchev–Trinajstić information content (AvgIpc) is 2.79. The molecule has 2 aromatic rings. The third-order valence-corrected chi connectivity index (χ3v) is 4.08. The van der Waals surface area contributed by atoms with Gasteiger partial charge in [-0.05, 0) is 35.7 Å². The van der Waals surface area contributed by atoms with Crippen molar-refractivity contribution in [2.24, 2.45) is 0 Å². The van der Waals surface area contributed by atoms with Crippen LogP contribution in [-0.2, 0) is 17.6 Å². The second kappa shape index (κ2) is 5.51. The summed E-state index contributed by atoms with van der Waals surface area (Å²) >= 11 is 6.23. The summed E-state index contributed by atoms with van der Waals surface area (Å²) in [4.78, 5) is 11.4. The van der Waals surface area contributed by atoms with E-state index >= 15 is 0 Å². The first-order valence-corrected chi connectivity index (χ1v) is 7.26. The van der Waals surface area contributed by atoms with Crippen molar-refractivity contribution >= 4 is 23.2 Å². The number of amides is 1. The summed E-state index contributed by atoms with van der Waals surface area (Å²) in [6, 6.07) is 11.6. The number of halogens is 1. The average molecular weight is 302 g/mol. The molecule has 0 saturated heterocycles. The van der Waals surface area contributed by atoms with E-state index in [1.807, 2.05) is 37.3 Å². The van der Waals surface area contributed by atoms with Crippen LogP contribution in [0.4, 0.5) is 5.69 Å². The molecule has 0 aliphatic carbocycles. The summed E-state index contributed by atoms with van der Waals surface area (Å²) in [5.41, 5.74) is 4.55. The molecule has 3 nitrogen and oxygen atoms in total. The normalized spacial score (nSPS) is 14.7. The molecule has 1 aliphatic rings. The highest BCUT2D eigenvalue weighted by molar-refractivity contribution is 6.32. The number of aliphatic hydroxyl groups is 1. The lowest BCUT2D eigenvalue weighted by atomic mass is 9.98. The molecule has 0 fully saturated rings. The Morgan fingerprint density at radius 3 is 2.71 bits per heavy atom. The van der Waals surface area contributed by atoms with Gasteiger partial charge < -0.3 is 10.4 Å². The Bertz CT molecular complexity index is 695. The first kappa shape index (κ1) is 14.1. The topological polar surface area (TPSA) is 49.3 Å². The summed E-state index contributed by atoms with van der Waals surface area (Å²) in [6.45, 7) is 2.03. The van der Waals surface area contributed by atoms with E-state index in [4.69, 9.17) is 11.6 Å². The summed E-state index contributed by atoms with van der Waals surface area (Å²) < 4.78 is 0. The fourth-order valence-corrected chi connectivity index (χ4v) is 2.87. The molecule has 1 unspecified atom stereocenters. The molecule has 1 heterocycles. The molecule has 1 amide bonds. The van der Waals surface area contributed by atoms with Crippen molar-refractivity contribution in [1.29, 1.82) is 0 Å². The smallest absolute Gasteiger partial charge is 0.228 e. The van der Waals surface area contributed by atoms with E-state index in [1.165, 1.54) is 5.56 Å². The van der Waals surface area contributed by atoms with Gasteiger partial charge in [0.1, 0.15) is 0 Å².